The van der Waals surface area contributed by atoms with Crippen molar-refractivity contribution in [2.24, 2.45) is 0 Å². The summed E-state index contributed by atoms with van der Waals surface area (Å²) < 4.78 is 10.6. The highest BCUT2D eigenvalue weighted by Crippen LogP contribution is 2.28. The fourth-order valence-electron chi connectivity index (χ4n) is 3.06. The third-order valence-electron chi connectivity index (χ3n) is 4.84. The van der Waals surface area contributed by atoms with Gasteiger partial charge in [-0.25, -0.2) is 0 Å². The van der Waals surface area contributed by atoms with Crippen LogP contribution in [0.3, 0.4) is 0 Å². The second-order valence-electron chi connectivity index (χ2n) is 6.74. The summed E-state index contributed by atoms with van der Waals surface area (Å²) in [6.07, 6.45) is 0.715. The third-order valence-corrected chi connectivity index (χ3v) is 5.43. The molecule has 0 radical (unpaired) electrons. The van der Waals surface area contributed by atoms with E-state index in [9.17, 15) is 9.59 Å². The SMILES string of the molecule is CNC(=O)[C@@H](C)N(Cc1ccc(Cl)cc1Cl)C(=O)CCc1ccc(OC)c(OC)c1. The van der Waals surface area contributed by atoms with Gasteiger partial charge >= 0.3 is 0 Å². The molecule has 2 amide bonds. The maximum absolute atomic E-state index is 13.1. The molecule has 0 aliphatic carbocycles. The first kappa shape index (κ1) is 23.8. The molecule has 0 aliphatic heterocycles. The quantitative estimate of drug-likeness (QED) is 0.621. The van der Waals surface area contributed by atoms with Gasteiger partial charge in [-0.15, -0.1) is 0 Å². The number of amides is 2. The molecule has 0 fully saturated rings. The van der Waals surface area contributed by atoms with Gasteiger partial charge in [0.15, 0.2) is 11.5 Å². The van der Waals surface area contributed by atoms with Crippen molar-refractivity contribution >= 4 is 35.0 Å². The number of nitrogens with zero attached hydrogens (tertiary/aromatic N) is 1. The Morgan fingerprint density at radius 2 is 1.77 bits per heavy atom. The average Bonchev–Trinajstić information content (AvgIpc) is 2.75. The zero-order chi connectivity index (χ0) is 22.3. The molecule has 30 heavy (non-hydrogen) atoms. The van der Waals surface area contributed by atoms with E-state index in [4.69, 9.17) is 32.7 Å². The van der Waals surface area contributed by atoms with E-state index in [1.807, 2.05) is 12.1 Å². The highest BCUT2D eigenvalue weighted by atomic mass is 35.5. The minimum absolute atomic E-state index is 0.160. The Balaban J connectivity index is 2.19. The lowest BCUT2D eigenvalue weighted by molar-refractivity contribution is -0.140. The highest BCUT2D eigenvalue weighted by molar-refractivity contribution is 6.35. The molecular formula is C22H26Cl2N2O4. The van der Waals surface area contributed by atoms with E-state index in [-0.39, 0.29) is 24.8 Å². The molecule has 0 aliphatic rings. The minimum atomic E-state index is -0.653. The number of carbonyl (C=O) groups is 2. The van der Waals surface area contributed by atoms with Gasteiger partial charge in [0.1, 0.15) is 6.04 Å². The normalized spacial score (nSPS) is 11.5. The number of rotatable bonds is 9. The molecule has 0 aromatic heterocycles. The molecule has 162 valence electrons. The Labute approximate surface area is 187 Å². The first-order valence-corrected chi connectivity index (χ1v) is 10.2. The Morgan fingerprint density at radius 3 is 2.37 bits per heavy atom. The first-order chi connectivity index (χ1) is 14.3. The molecule has 0 spiro atoms. The second kappa shape index (κ2) is 11.1. The number of hydrogen-bond donors (Lipinski definition) is 1. The summed E-state index contributed by atoms with van der Waals surface area (Å²) in [6, 6.07) is 9.97. The van der Waals surface area contributed by atoms with Gasteiger partial charge in [-0.1, -0.05) is 35.3 Å². The number of ether oxygens (including phenoxy) is 2. The summed E-state index contributed by atoms with van der Waals surface area (Å²) in [5.74, 6) is 0.817. The lowest BCUT2D eigenvalue weighted by Gasteiger charge is -2.29. The van der Waals surface area contributed by atoms with Gasteiger partial charge in [0, 0.05) is 30.1 Å². The summed E-state index contributed by atoms with van der Waals surface area (Å²) in [6.45, 7) is 1.90. The van der Waals surface area contributed by atoms with Crippen molar-refractivity contribution in [3.05, 3.63) is 57.6 Å². The van der Waals surface area contributed by atoms with Crippen LogP contribution in [0.5, 0.6) is 11.5 Å². The number of aryl methyl sites for hydroxylation is 1. The van der Waals surface area contributed by atoms with Crippen molar-refractivity contribution < 1.29 is 19.1 Å². The number of methoxy groups -OCH3 is 2. The molecule has 0 saturated carbocycles. The fraction of sp³-hybridized carbons (Fsp3) is 0.364. The summed E-state index contributed by atoms with van der Waals surface area (Å²) in [4.78, 5) is 26.8. The number of nitrogens with one attached hydrogen (secondary N) is 1. The molecule has 0 saturated heterocycles. The summed E-state index contributed by atoms with van der Waals surface area (Å²) in [5.41, 5.74) is 1.65. The van der Waals surface area contributed by atoms with Gasteiger partial charge in [-0.2, -0.15) is 0 Å². The van der Waals surface area contributed by atoms with E-state index < -0.39 is 6.04 Å². The summed E-state index contributed by atoms with van der Waals surface area (Å²) >= 11 is 12.2. The number of benzene rings is 2. The van der Waals surface area contributed by atoms with E-state index >= 15 is 0 Å². The van der Waals surface area contributed by atoms with Crippen LogP contribution in [0, 0.1) is 0 Å². The van der Waals surface area contributed by atoms with Crippen molar-refractivity contribution in [2.45, 2.75) is 32.4 Å². The topological polar surface area (TPSA) is 67.9 Å². The van der Waals surface area contributed by atoms with Gasteiger partial charge in [0.2, 0.25) is 11.8 Å². The number of likely N-dealkylation sites (N-methyl/N-ethyl adjacent to an activating group) is 1. The maximum atomic E-state index is 13.1. The van der Waals surface area contributed by atoms with Crippen molar-refractivity contribution in [1.82, 2.24) is 10.2 Å². The van der Waals surface area contributed by atoms with E-state index in [0.717, 1.165) is 11.1 Å². The lowest BCUT2D eigenvalue weighted by Crippen LogP contribution is -2.46. The number of halogens is 2. The molecule has 1 N–H and O–H groups in total. The van der Waals surface area contributed by atoms with Gasteiger partial charge in [-0.05, 0) is 48.7 Å². The Morgan fingerprint density at radius 1 is 1.07 bits per heavy atom. The van der Waals surface area contributed by atoms with Crippen molar-refractivity contribution in [3.8, 4) is 11.5 Å². The number of hydrogen-bond acceptors (Lipinski definition) is 4. The molecule has 0 heterocycles. The smallest absolute Gasteiger partial charge is 0.242 e. The highest BCUT2D eigenvalue weighted by Gasteiger charge is 2.26. The van der Waals surface area contributed by atoms with Crippen LogP contribution in [0.1, 0.15) is 24.5 Å². The van der Waals surface area contributed by atoms with E-state index in [0.29, 0.717) is 28.0 Å². The van der Waals surface area contributed by atoms with E-state index in [1.54, 1.807) is 52.5 Å². The van der Waals surface area contributed by atoms with Crippen molar-refractivity contribution in [2.75, 3.05) is 21.3 Å². The molecule has 2 aromatic carbocycles. The standard InChI is InChI=1S/C22H26Cl2N2O4/c1-14(22(28)25-2)26(13-16-7-8-17(23)12-18(16)24)21(27)10-6-15-5-9-19(29-3)20(11-15)30-4/h5,7-9,11-12,14H,6,10,13H2,1-4H3,(H,25,28)/t14-/m1/s1. The van der Waals surface area contributed by atoms with Crippen LogP contribution in [0.25, 0.3) is 0 Å². The first-order valence-electron chi connectivity index (χ1n) is 9.46. The fourth-order valence-corrected chi connectivity index (χ4v) is 3.52. The molecule has 6 nitrogen and oxygen atoms in total. The van der Waals surface area contributed by atoms with Gasteiger partial charge in [0.05, 0.1) is 14.2 Å². The van der Waals surface area contributed by atoms with Crippen LogP contribution in [0.4, 0.5) is 0 Å². The van der Waals surface area contributed by atoms with Crippen molar-refractivity contribution in [1.29, 1.82) is 0 Å². The second-order valence-corrected chi connectivity index (χ2v) is 7.58. The molecule has 2 aromatic rings. The van der Waals surface area contributed by atoms with Gasteiger partial charge < -0.3 is 19.7 Å². The number of carbonyl (C=O) groups excluding carboxylic acids is 2. The molecular weight excluding hydrogens is 427 g/mol. The minimum Gasteiger partial charge on any atom is -0.493 e. The summed E-state index contributed by atoms with van der Waals surface area (Å²) in [5, 5.41) is 3.55. The molecule has 2 rings (SSSR count). The van der Waals surface area contributed by atoms with E-state index in [2.05, 4.69) is 5.32 Å². The lowest BCUT2D eigenvalue weighted by atomic mass is 10.1. The Kier molecular flexibility index (Phi) is 8.81. The van der Waals surface area contributed by atoms with Crippen LogP contribution >= 0.6 is 23.2 Å². The van der Waals surface area contributed by atoms with Crippen molar-refractivity contribution in [3.63, 3.8) is 0 Å². The largest absolute Gasteiger partial charge is 0.493 e. The third kappa shape index (κ3) is 6.03. The maximum Gasteiger partial charge on any atom is 0.242 e. The van der Waals surface area contributed by atoms with Gasteiger partial charge in [-0.3, -0.25) is 9.59 Å². The molecule has 0 bridgehead atoms. The Bertz CT molecular complexity index is 905. The van der Waals surface area contributed by atoms with E-state index in [1.165, 1.54) is 4.90 Å². The van der Waals surface area contributed by atoms with Crippen LogP contribution < -0.4 is 14.8 Å². The summed E-state index contributed by atoms with van der Waals surface area (Å²) in [7, 11) is 4.68. The van der Waals surface area contributed by atoms with Crippen LogP contribution in [-0.2, 0) is 22.6 Å². The zero-order valence-corrected chi connectivity index (χ0v) is 19.0. The molecule has 1 atom stereocenters. The average molecular weight is 453 g/mol. The van der Waals surface area contributed by atoms with Gasteiger partial charge in [0.25, 0.3) is 0 Å². The zero-order valence-electron chi connectivity index (χ0n) is 17.5. The monoisotopic (exact) mass is 452 g/mol. The van der Waals surface area contributed by atoms with Crippen LogP contribution in [-0.4, -0.2) is 44.0 Å². The van der Waals surface area contributed by atoms with Crippen LogP contribution in [0.2, 0.25) is 10.0 Å². The predicted octanol–water partition coefficient (Wildman–Crippen LogP) is 4.11. The Hall–Kier alpha value is -2.44. The van der Waals surface area contributed by atoms with Crippen LogP contribution in [0.15, 0.2) is 36.4 Å². The molecule has 0 unspecified atom stereocenters. The molecule has 8 heteroatoms. The predicted molar refractivity (Wildman–Crippen MR) is 118 cm³/mol.